The fourth-order valence-corrected chi connectivity index (χ4v) is 3.32. The Balaban J connectivity index is 1.88. The molecular weight excluding hydrogens is 408 g/mol. The van der Waals surface area contributed by atoms with E-state index >= 15 is 0 Å². The number of carbonyl (C=O) groups is 1. The van der Waals surface area contributed by atoms with Crippen LogP contribution in [0.2, 0.25) is 5.02 Å². The van der Waals surface area contributed by atoms with Crippen LogP contribution in [0, 0.1) is 0 Å². The van der Waals surface area contributed by atoms with E-state index in [-0.39, 0.29) is 20.5 Å². The molecule has 1 aliphatic rings. The van der Waals surface area contributed by atoms with Crippen molar-refractivity contribution in [2.75, 3.05) is 5.32 Å². The third-order valence-electron chi connectivity index (χ3n) is 2.72. The quantitative estimate of drug-likeness (QED) is 0.606. The first-order valence-corrected chi connectivity index (χ1v) is 8.33. The Morgan fingerprint density at radius 1 is 1.25 bits per heavy atom. The normalized spacial score (nSPS) is 11.9. The molecular formula is C13H7BrClN3OSe. The number of nitrogens with zero attached hydrogens (tertiary/aromatic N) is 2. The summed E-state index contributed by atoms with van der Waals surface area (Å²) >= 11 is 9.17. The van der Waals surface area contributed by atoms with E-state index < -0.39 is 0 Å². The van der Waals surface area contributed by atoms with Crippen molar-refractivity contribution >= 4 is 65.1 Å². The summed E-state index contributed by atoms with van der Waals surface area (Å²) in [4.78, 5) is 12.2. The van der Waals surface area contributed by atoms with Crippen LogP contribution in [-0.4, -0.2) is 20.5 Å². The van der Waals surface area contributed by atoms with Crippen molar-refractivity contribution in [1.82, 2.24) is 0 Å². The molecule has 0 radical (unpaired) electrons. The maximum absolute atomic E-state index is 12.2. The summed E-state index contributed by atoms with van der Waals surface area (Å²) in [6, 6.07) is 10.6. The van der Waals surface area contributed by atoms with Crippen LogP contribution >= 0.6 is 27.5 Å². The zero-order chi connectivity index (χ0) is 14.1. The molecule has 7 heteroatoms. The number of rotatable bonds is 2. The second-order valence-corrected chi connectivity index (χ2v) is 6.39. The third kappa shape index (κ3) is 2.65. The first kappa shape index (κ1) is 13.8. The maximum atomic E-state index is 12.2. The van der Waals surface area contributed by atoms with E-state index in [1.54, 1.807) is 18.2 Å². The number of carbonyl (C=O) groups excluding carboxylic acids is 1. The van der Waals surface area contributed by atoms with Gasteiger partial charge in [0, 0.05) is 0 Å². The van der Waals surface area contributed by atoms with Crippen LogP contribution in [0.15, 0.2) is 48.8 Å². The number of hydrogen-bond acceptors (Lipinski definition) is 3. The van der Waals surface area contributed by atoms with Gasteiger partial charge in [-0.2, -0.15) is 0 Å². The van der Waals surface area contributed by atoms with E-state index in [4.69, 9.17) is 11.6 Å². The zero-order valence-electron chi connectivity index (χ0n) is 9.93. The van der Waals surface area contributed by atoms with Crippen LogP contribution in [-0.2, 0) is 0 Å². The van der Waals surface area contributed by atoms with E-state index in [0.717, 1.165) is 15.8 Å². The van der Waals surface area contributed by atoms with Gasteiger partial charge in [0.1, 0.15) is 0 Å². The van der Waals surface area contributed by atoms with Crippen molar-refractivity contribution in [3.8, 4) is 0 Å². The van der Waals surface area contributed by atoms with E-state index in [1.807, 2.05) is 18.2 Å². The molecule has 1 amide bonds. The fourth-order valence-electron chi connectivity index (χ4n) is 1.74. The first-order chi connectivity index (χ1) is 9.65. The average Bonchev–Trinajstić information content (AvgIpc) is 2.91. The first-order valence-electron chi connectivity index (χ1n) is 5.63. The standard InChI is InChI=1S/C13H7BrClN3OSe/c14-8-5-4-7(6-9(8)15)13(19)16-10-2-1-3-11-12(10)18-20-17-11/h1-6H,(H,16,19). The van der Waals surface area contributed by atoms with Crippen LogP contribution in [0.3, 0.4) is 0 Å². The monoisotopic (exact) mass is 415 g/mol. The molecule has 4 nitrogen and oxygen atoms in total. The van der Waals surface area contributed by atoms with Crippen LogP contribution in [0.5, 0.6) is 0 Å². The molecule has 0 atom stereocenters. The SMILES string of the molecule is O=C(Nc1cccc2c1N=[Se]=N2)c1ccc(Br)c(Cl)c1. The molecule has 0 aromatic heterocycles. The van der Waals surface area contributed by atoms with Crippen molar-refractivity contribution in [3.05, 3.63) is 51.5 Å². The van der Waals surface area contributed by atoms with Crippen LogP contribution in [0.1, 0.15) is 10.4 Å². The van der Waals surface area contributed by atoms with Crippen molar-refractivity contribution < 1.29 is 4.79 Å². The predicted octanol–water partition coefficient (Wildman–Crippen LogP) is 4.70. The van der Waals surface area contributed by atoms with E-state index in [9.17, 15) is 4.79 Å². The molecule has 0 bridgehead atoms. The number of nitrogens with one attached hydrogen (secondary N) is 1. The second kappa shape index (κ2) is 5.66. The zero-order valence-corrected chi connectivity index (χ0v) is 14.0. The van der Waals surface area contributed by atoms with E-state index in [2.05, 4.69) is 29.2 Å². The number of hydrogen-bond donors (Lipinski definition) is 1. The molecule has 0 saturated heterocycles. The summed E-state index contributed by atoms with van der Waals surface area (Å²) in [6.45, 7) is 0. The number of halogens is 2. The Bertz CT molecular complexity index is 787. The Kier molecular flexibility index (Phi) is 3.89. The Labute approximate surface area is 134 Å². The van der Waals surface area contributed by atoms with Crippen LogP contribution in [0.4, 0.5) is 17.1 Å². The second-order valence-electron chi connectivity index (χ2n) is 4.02. The van der Waals surface area contributed by atoms with Crippen molar-refractivity contribution in [2.24, 2.45) is 7.92 Å². The van der Waals surface area contributed by atoms with Gasteiger partial charge in [-0.3, -0.25) is 0 Å². The number of fused-ring (bicyclic) bond motifs is 1. The Morgan fingerprint density at radius 3 is 2.90 bits per heavy atom. The number of anilines is 1. The summed E-state index contributed by atoms with van der Waals surface area (Å²) in [5.74, 6) is -0.220. The molecule has 20 heavy (non-hydrogen) atoms. The minimum atomic E-state index is -0.220. The minimum absolute atomic E-state index is 0.121. The molecule has 1 aliphatic heterocycles. The molecule has 100 valence electrons. The number of amides is 1. The van der Waals surface area contributed by atoms with Crippen molar-refractivity contribution in [3.63, 3.8) is 0 Å². The predicted molar refractivity (Wildman–Crippen MR) is 83.5 cm³/mol. The summed E-state index contributed by atoms with van der Waals surface area (Å²) in [6.07, 6.45) is 0. The summed E-state index contributed by atoms with van der Waals surface area (Å²) in [5.41, 5.74) is 2.76. The molecule has 1 N–H and O–H groups in total. The van der Waals surface area contributed by atoms with Gasteiger partial charge in [-0.15, -0.1) is 0 Å². The van der Waals surface area contributed by atoms with Gasteiger partial charge in [-0.1, -0.05) is 0 Å². The van der Waals surface area contributed by atoms with Gasteiger partial charge in [0.05, 0.1) is 0 Å². The van der Waals surface area contributed by atoms with Gasteiger partial charge in [0.2, 0.25) is 0 Å². The van der Waals surface area contributed by atoms with E-state index in [1.165, 1.54) is 0 Å². The Hall–Kier alpha value is -1.20. The van der Waals surface area contributed by atoms with Gasteiger partial charge in [-0.05, 0) is 0 Å². The summed E-state index contributed by atoms with van der Waals surface area (Å²) in [5, 5.41) is 3.35. The number of benzene rings is 2. The van der Waals surface area contributed by atoms with Gasteiger partial charge in [0.15, 0.2) is 0 Å². The topological polar surface area (TPSA) is 53.8 Å². The Morgan fingerprint density at radius 2 is 2.10 bits per heavy atom. The molecule has 2 aromatic rings. The van der Waals surface area contributed by atoms with Gasteiger partial charge < -0.3 is 0 Å². The van der Waals surface area contributed by atoms with Crippen LogP contribution in [0.25, 0.3) is 0 Å². The van der Waals surface area contributed by atoms with Gasteiger partial charge in [0.25, 0.3) is 0 Å². The van der Waals surface area contributed by atoms with Crippen molar-refractivity contribution in [1.29, 1.82) is 0 Å². The summed E-state index contributed by atoms with van der Waals surface area (Å²) < 4.78 is 9.37. The molecule has 3 rings (SSSR count). The molecule has 1 heterocycles. The summed E-state index contributed by atoms with van der Waals surface area (Å²) in [7, 11) is 0. The third-order valence-corrected chi connectivity index (χ3v) is 5.09. The van der Waals surface area contributed by atoms with Crippen LogP contribution < -0.4 is 5.32 Å². The fraction of sp³-hybridized carbons (Fsp3) is 0. The molecule has 2 aromatic carbocycles. The molecule has 0 unspecified atom stereocenters. The molecule has 0 fully saturated rings. The average molecular weight is 416 g/mol. The molecule has 0 spiro atoms. The molecule has 0 aliphatic carbocycles. The van der Waals surface area contributed by atoms with Gasteiger partial charge >= 0.3 is 135 Å². The van der Waals surface area contributed by atoms with Crippen molar-refractivity contribution in [2.45, 2.75) is 0 Å². The van der Waals surface area contributed by atoms with Gasteiger partial charge in [-0.25, -0.2) is 0 Å². The van der Waals surface area contributed by atoms with E-state index in [0.29, 0.717) is 16.3 Å². The molecule has 0 saturated carbocycles.